The standard InChI is InChI=1S/C20H15NO/c1-2-8-15(9-3-1)14-16-10-4-5-11-17(16)20-21-18-12-6-7-13-19(18)22-20/h1-13H,14H2. The second-order valence-corrected chi connectivity index (χ2v) is 5.31. The Balaban J connectivity index is 1.78. The molecule has 0 bridgehead atoms. The van der Waals surface area contributed by atoms with Crippen molar-refractivity contribution in [2.75, 3.05) is 0 Å². The molecule has 0 amide bonds. The molecule has 1 aromatic heterocycles. The second-order valence-electron chi connectivity index (χ2n) is 5.31. The van der Waals surface area contributed by atoms with Gasteiger partial charge >= 0.3 is 0 Å². The van der Waals surface area contributed by atoms with Gasteiger partial charge in [-0.2, -0.15) is 0 Å². The number of fused-ring (bicyclic) bond motifs is 1. The van der Waals surface area contributed by atoms with Crippen LogP contribution in [0.25, 0.3) is 22.6 Å². The van der Waals surface area contributed by atoms with Crippen molar-refractivity contribution in [3.05, 3.63) is 90.0 Å². The van der Waals surface area contributed by atoms with Crippen molar-refractivity contribution in [3.63, 3.8) is 0 Å². The first-order valence-electron chi connectivity index (χ1n) is 7.38. The maximum absolute atomic E-state index is 5.92. The fourth-order valence-electron chi connectivity index (χ4n) is 2.69. The molecule has 4 rings (SSSR count). The molecule has 0 radical (unpaired) electrons. The van der Waals surface area contributed by atoms with E-state index in [4.69, 9.17) is 4.42 Å². The van der Waals surface area contributed by atoms with Crippen LogP contribution in [0.2, 0.25) is 0 Å². The summed E-state index contributed by atoms with van der Waals surface area (Å²) in [6.45, 7) is 0. The number of rotatable bonds is 3. The highest BCUT2D eigenvalue weighted by Gasteiger charge is 2.11. The van der Waals surface area contributed by atoms with Crippen LogP contribution in [-0.2, 0) is 6.42 Å². The van der Waals surface area contributed by atoms with Gasteiger partial charge in [-0.25, -0.2) is 4.98 Å². The van der Waals surface area contributed by atoms with E-state index in [0.717, 1.165) is 23.1 Å². The molecule has 0 saturated heterocycles. The van der Waals surface area contributed by atoms with Crippen molar-refractivity contribution >= 4 is 11.1 Å². The van der Waals surface area contributed by atoms with Crippen LogP contribution in [0.5, 0.6) is 0 Å². The molecule has 4 aromatic rings. The van der Waals surface area contributed by atoms with Crippen molar-refractivity contribution in [2.45, 2.75) is 6.42 Å². The summed E-state index contributed by atoms with van der Waals surface area (Å²) in [4.78, 5) is 4.62. The lowest BCUT2D eigenvalue weighted by atomic mass is 10.00. The highest BCUT2D eigenvalue weighted by molar-refractivity contribution is 5.76. The summed E-state index contributed by atoms with van der Waals surface area (Å²) in [5.74, 6) is 0.688. The van der Waals surface area contributed by atoms with Gasteiger partial charge in [-0.3, -0.25) is 0 Å². The number of hydrogen-bond acceptors (Lipinski definition) is 2. The molecular weight excluding hydrogens is 270 g/mol. The molecule has 0 aliphatic carbocycles. The summed E-state index contributed by atoms with van der Waals surface area (Å²) in [7, 11) is 0. The molecule has 2 heteroatoms. The van der Waals surface area contributed by atoms with Crippen LogP contribution >= 0.6 is 0 Å². The minimum absolute atomic E-state index is 0.688. The maximum Gasteiger partial charge on any atom is 0.227 e. The monoisotopic (exact) mass is 285 g/mol. The molecule has 0 N–H and O–H groups in total. The van der Waals surface area contributed by atoms with E-state index >= 15 is 0 Å². The van der Waals surface area contributed by atoms with E-state index in [-0.39, 0.29) is 0 Å². The Bertz CT molecular complexity index is 876. The molecule has 0 unspecified atom stereocenters. The van der Waals surface area contributed by atoms with Gasteiger partial charge in [0.25, 0.3) is 0 Å². The predicted octanol–water partition coefficient (Wildman–Crippen LogP) is 5.09. The highest BCUT2D eigenvalue weighted by Crippen LogP contribution is 2.28. The van der Waals surface area contributed by atoms with E-state index in [2.05, 4.69) is 47.4 Å². The fraction of sp³-hybridized carbons (Fsp3) is 0.0500. The Morgan fingerprint density at radius 1 is 0.727 bits per heavy atom. The van der Waals surface area contributed by atoms with Gasteiger partial charge in [0.2, 0.25) is 5.89 Å². The van der Waals surface area contributed by atoms with Gasteiger partial charge in [0.15, 0.2) is 5.58 Å². The van der Waals surface area contributed by atoms with E-state index in [1.807, 2.05) is 36.4 Å². The van der Waals surface area contributed by atoms with Gasteiger partial charge in [0.05, 0.1) is 0 Å². The van der Waals surface area contributed by atoms with Gasteiger partial charge in [-0.05, 0) is 35.7 Å². The van der Waals surface area contributed by atoms with E-state index < -0.39 is 0 Å². The van der Waals surface area contributed by atoms with Crippen LogP contribution in [0.15, 0.2) is 83.3 Å². The van der Waals surface area contributed by atoms with E-state index in [0.29, 0.717) is 5.89 Å². The SMILES string of the molecule is c1ccc(Cc2ccccc2-c2nc3ccccc3o2)cc1. The van der Waals surface area contributed by atoms with Crippen molar-refractivity contribution in [2.24, 2.45) is 0 Å². The largest absolute Gasteiger partial charge is 0.436 e. The molecule has 106 valence electrons. The van der Waals surface area contributed by atoms with E-state index in [1.165, 1.54) is 11.1 Å². The zero-order valence-corrected chi connectivity index (χ0v) is 12.1. The first-order chi connectivity index (χ1) is 10.9. The van der Waals surface area contributed by atoms with Crippen LogP contribution in [0, 0.1) is 0 Å². The molecule has 0 spiro atoms. The van der Waals surface area contributed by atoms with Crippen molar-refractivity contribution in [1.29, 1.82) is 0 Å². The third-order valence-electron chi connectivity index (χ3n) is 3.78. The smallest absolute Gasteiger partial charge is 0.227 e. The first kappa shape index (κ1) is 12.8. The summed E-state index contributed by atoms with van der Waals surface area (Å²) in [6.07, 6.45) is 0.871. The fourth-order valence-corrected chi connectivity index (χ4v) is 2.69. The molecule has 2 nitrogen and oxygen atoms in total. The molecule has 0 aliphatic rings. The Labute approximate surface area is 129 Å². The molecule has 0 fully saturated rings. The quantitative estimate of drug-likeness (QED) is 0.524. The topological polar surface area (TPSA) is 26.0 Å². The normalized spacial score (nSPS) is 10.9. The second kappa shape index (κ2) is 5.49. The highest BCUT2D eigenvalue weighted by atomic mass is 16.3. The summed E-state index contributed by atoms with van der Waals surface area (Å²) in [5, 5.41) is 0. The van der Waals surface area contributed by atoms with Gasteiger partial charge in [-0.15, -0.1) is 0 Å². The number of nitrogens with zero attached hydrogens (tertiary/aromatic N) is 1. The lowest BCUT2D eigenvalue weighted by Crippen LogP contribution is -1.92. The van der Waals surface area contributed by atoms with E-state index in [1.54, 1.807) is 0 Å². The van der Waals surface area contributed by atoms with Crippen molar-refractivity contribution in [3.8, 4) is 11.5 Å². The summed E-state index contributed by atoms with van der Waals surface area (Å²) in [5.41, 5.74) is 5.29. The molecule has 3 aromatic carbocycles. The number of hydrogen-bond donors (Lipinski definition) is 0. The van der Waals surface area contributed by atoms with Crippen molar-refractivity contribution in [1.82, 2.24) is 4.98 Å². The molecule has 0 aliphatic heterocycles. The van der Waals surface area contributed by atoms with Gasteiger partial charge in [0.1, 0.15) is 5.52 Å². The number of oxazole rings is 1. The summed E-state index contributed by atoms with van der Waals surface area (Å²) in [6, 6.07) is 26.6. The molecule has 0 atom stereocenters. The van der Waals surface area contributed by atoms with Crippen LogP contribution in [0.1, 0.15) is 11.1 Å². The average Bonchev–Trinajstić information content (AvgIpc) is 3.00. The number of aromatic nitrogens is 1. The predicted molar refractivity (Wildman–Crippen MR) is 88.7 cm³/mol. The minimum Gasteiger partial charge on any atom is -0.436 e. The average molecular weight is 285 g/mol. The Morgan fingerprint density at radius 3 is 2.32 bits per heavy atom. The molecule has 0 saturated carbocycles. The molecule has 1 heterocycles. The van der Waals surface area contributed by atoms with Gasteiger partial charge < -0.3 is 4.42 Å². The first-order valence-corrected chi connectivity index (χ1v) is 7.38. The van der Waals surface area contributed by atoms with Crippen molar-refractivity contribution < 1.29 is 4.42 Å². The van der Waals surface area contributed by atoms with Crippen LogP contribution in [0.3, 0.4) is 0 Å². The third kappa shape index (κ3) is 2.40. The van der Waals surface area contributed by atoms with E-state index in [9.17, 15) is 0 Å². The number of para-hydroxylation sites is 2. The van der Waals surface area contributed by atoms with Crippen LogP contribution in [0.4, 0.5) is 0 Å². The molecular formula is C20H15NO. The van der Waals surface area contributed by atoms with Crippen LogP contribution < -0.4 is 0 Å². The minimum atomic E-state index is 0.688. The number of benzene rings is 3. The molecule has 22 heavy (non-hydrogen) atoms. The Hall–Kier alpha value is -2.87. The third-order valence-corrected chi connectivity index (χ3v) is 3.78. The maximum atomic E-state index is 5.92. The lowest BCUT2D eigenvalue weighted by molar-refractivity contribution is 0.619. The van der Waals surface area contributed by atoms with Gasteiger partial charge in [-0.1, -0.05) is 60.7 Å². The lowest BCUT2D eigenvalue weighted by Gasteiger charge is -2.06. The summed E-state index contributed by atoms with van der Waals surface area (Å²) >= 11 is 0. The Morgan fingerprint density at radius 2 is 1.45 bits per heavy atom. The van der Waals surface area contributed by atoms with Gasteiger partial charge in [0, 0.05) is 5.56 Å². The summed E-state index contributed by atoms with van der Waals surface area (Å²) < 4.78 is 5.92. The zero-order chi connectivity index (χ0) is 14.8. The zero-order valence-electron chi connectivity index (χ0n) is 12.1. The van der Waals surface area contributed by atoms with Crippen LogP contribution in [-0.4, -0.2) is 4.98 Å². The Kier molecular flexibility index (Phi) is 3.20.